The Hall–Kier alpha value is -1.84. The highest BCUT2D eigenvalue weighted by atomic mass is 32.2. The number of aromatic nitrogens is 1. The van der Waals surface area contributed by atoms with Crippen molar-refractivity contribution in [3.63, 3.8) is 0 Å². The predicted octanol–water partition coefficient (Wildman–Crippen LogP) is 1.32. The van der Waals surface area contributed by atoms with E-state index >= 15 is 0 Å². The van der Waals surface area contributed by atoms with Crippen LogP contribution in [0, 0.1) is 0 Å². The molecule has 0 aromatic carbocycles. The van der Waals surface area contributed by atoms with Gasteiger partial charge in [-0.1, -0.05) is 16.9 Å². The van der Waals surface area contributed by atoms with E-state index in [1.165, 1.54) is 0 Å². The Labute approximate surface area is 110 Å². The number of hydrogen-bond donors (Lipinski definition) is 2. The largest absolute Gasteiger partial charge is 0.536 e. The molecule has 2 N–H and O–H groups in total. The zero-order chi connectivity index (χ0) is 14.9. The summed E-state index contributed by atoms with van der Waals surface area (Å²) in [4.78, 5) is 0. The third-order valence-corrected chi connectivity index (χ3v) is 4.35. The normalized spacial score (nSPS) is 24.1. The van der Waals surface area contributed by atoms with Crippen molar-refractivity contribution in [2.24, 2.45) is 0 Å². The minimum Gasteiger partial charge on any atom is -0.492 e. The van der Waals surface area contributed by atoms with E-state index < -0.39 is 27.4 Å². The Bertz CT molecular complexity index is 683. The SMILES string of the molecule is O=S(=O)(On1c(O)c2c(c1O)C1C=CC2C1)C(F)(F)F. The van der Waals surface area contributed by atoms with Crippen LogP contribution in [-0.2, 0) is 10.1 Å². The lowest BCUT2D eigenvalue weighted by Crippen LogP contribution is -2.32. The second-order valence-electron chi connectivity index (χ2n) is 4.58. The van der Waals surface area contributed by atoms with Gasteiger partial charge < -0.3 is 10.2 Å². The molecule has 20 heavy (non-hydrogen) atoms. The van der Waals surface area contributed by atoms with E-state index in [0.717, 1.165) is 0 Å². The molecule has 0 fully saturated rings. The highest BCUT2D eigenvalue weighted by Gasteiger charge is 2.51. The van der Waals surface area contributed by atoms with Crippen LogP contribution >= 0.6 is 0 Å². The van der Waals surface area contributed by atoms with E-state index in [0.29, 0.717) is 6.42 Å². The first kappa shape index (κ1) is 13.2. The standard InChI is InChI=1S/C10H8F3NO5S/c11-10(12,13)20(17,18)19-14-8(15)6-4-1-2-5(3-4)7(6)9(14)16/h1-2,4-5,15-16H,3H2. The fraction of sp³-hybridized carbons (Fsp3) is 0.400. The van der Waals surface area contributed by atoms with Crippen molar-refractivity contribution in [3.8, 4) is 11.8 Å². The molecule has 0 aliphatic heterocycles. The minimum atomic E-state index is -5.98. The van der Waals surface area contributed by atoms with Gasteiger partial charge in [0.05, 0.1) is 0 Å². The maximum absolute atomic E-state index is 12.2. The lowest BCUT2D eigenvalue weighted by molar-refractivity contribution is -0.0554. The molecule has 110 valence electrons. The summed E-state index contributed by atoms with van der Waals surface area (Å²) in [7, 11) is -5.98. The molecular formula is C10H8F3NO5S. The molecule has 2 atom stereocenters. The highest BCUT2D eigenvalue weighted by Crippen LogP contribution is 2.56. The van der Waals surface area contributed by atoms with E-state index in [1.54, 1.807) is 12.2 Å². The van der Waals surface area contributed by atoms with Gasteiger partial charge in [-0.2, -0.15) is 21.6 Å². The summed E-state index contributed by atoms with van der Waals surface area (Å²) in [5, 5.41) is 19.6. The van der Waals surface area contributed by atoms with Gasteiger partial charge in [0.15, 0.2) is 0 Å². The maximum atomic E-state index is 12.2. The number of rotatable bonds is 2. The molecule has 0 saturated carbocycles. The summed E-state index contributed by atoms with van der Waals surface area (Å²) in [6.07, 6.45) is 4.04. The zero-order valence-electron chi connectivity index (χ0n) is 9.63. The van der Waals surface area contributed by atoms with Gasteiger partial charge in [0.2, 0.25) is 11.8 Å². The molecule has 3 rings (SSSR count). The second-order valence-corrected chi connectivity index (χ2v) is 6.10. The Morgan fingerprint density at radius 2 is 1.60 bits per heavy atom. The Kier molecular flexibility index (Phi) is 2.38. The minimum absolute atomic E-state index is 0.0976. The van der Waals surface area contributed by atoms with Crippen molar-refractivity contribution >= 4 is 10.1 Å². The second kappa shape index (κ2) is 3.62. The number of halogens is 3. The third kappa shape index (κ3) is 1.54. The summed E-state index contributed by atoms with van der Waals surface area (Å²) in [6.45, 7) is 0. The lowest BCUT2D eigenvalue weighted by Gasteiger charge is -2.12. The Morgan fingerprint density at radius 1 is 1.15 bits per heavy atom. The van der Waals surface area contributed by atoms with Crippen LogP contribution in [0.1, 0.15) is 29.4 Å². The smallest absolute Gasteiger partial charge is 0.492 e. The molecule has 10 heteroatoms. The molecule has 1 heterocycles. The lowest BCUT2D eigenvalue weighted by atomic mass is 10.0. The summed E-state index contributed by atoms with van der Waals surface area (Å²) in [5.41, 5.74) is -5.25. The van der Waals surface area contributed by atoms with Gasteiger partial charge in [-0.15, -0.1) is 0 Å². The van der Waals surface area contributed by atoms with Gasteiger partial charge in [0.25, 0.3) is 0 Å². The molecule has 2 aliphatic rings. The fourth-order valence-corrected chi connectivity index (χ4v) is 3.05. The number of hydrogen-bond acceptors (Lipinski definition) is 5. The first-order chi connectivity index (χ1) is 9.13. The number of aromatic hydroxyl groups is 2. The van der Waals surface area contributed by atoms with E-state index in [4.69, 9.17) is 0 Å². The average Bonchev–Trinajstić information content (AvgIpc) is 2.97. The number of allylic oxidation sites excluding steroid dienone is 2. The van der Waals surface area contributed by atoms with Crippen molar-refractivity contribution in [1.29, 1.82) is 0 Å². The Morgan fingerprint density at radius 3 is 2.00 bits per heavy atom. The first-order valence-electron chi connectivity index (χ1n) is 5.49. The molecule has 2 bridgehead atoms. The van der Waals surface area contributed by atoms with Crippen LogP contribution in [0.5, 0.6) is 11.8 Å². The molecule has 1 aromatic heterocycles. The molecule has 0 spiro atoms. The zero-order valence-corrected chi connectivity index (χ0v) is 10.4. The van der Waals surface area contributed by atoms with Gasteiger partial charge in [-0.3, -0.25) is 4.28 Å². The quantitative estimate of drug-likeness (QED) is 0.635. The highest BCUT2D eigenvalue weighted by molar-refractivity contribution is 7.87. The molecule has 2 unspecified atom stereocenters. The topological polar surface area (TPSA) is 88.8 Å². The molecule has 6 nitrogen and oxygen atoms in total. The van der Waals surface area contributed by atoms with Gasteiger partial charge in [0.1, 0.15) is 0 Å². The number of alkyl halides is 3. The van der Waals surface area contributed by atoms with Crippen molar-refractivity contribution in [3.05, 3.63) is 23.3 Å². The summed E-state index contributed by atoms with van der Waals surface area (Å²) < 4.78 is 62.3. The molecular weight excluding hydrogens is 303 g/mol. The molecule has 0 saturated heterocycles. The van der Waals surface area contributed by atoms with Crippen molar-refractivity contribution in [1.82, 2.24) is 4.73 Å². The van der Waals surface area contributed by atoms with Crippen molar-refractivity contribution < 1.29 is 36.1 Å². The van der Waals surface area contributed by atoms with Crippen LogP contribution in [0.2, 0.25) is 0 Å². The molecule has 0 radical (unpaired) electrons. The van der Waals surface area contributed by atoms with Gasteiger partial charge in [-0.05, 0) is 6.42 Å². The van der Waals surface area contributed by atoms with E-state index in [2.05, 4.69) is 4.28 Å². The molecule has 1 aromatic rings. The van der Waals surface area contributed by atoms with E-state index in [9.17, 15) is 31.8 Å². The van der Waals surface area contributed by atoms with Crippen LogP contribution in [0.4, 0.5) is 13.2 Å². The molecule has 0 amide bonds. The summed E-state index contributed by atoms with van der Waals surface area (Å²) >= 11 is 0. The average molecular weight is 311 g/mol. The Balaban J connectivity index is 2.07. The summed E-state index contributed by atoms with van der Waals surface area (Å²) in [5.74, 6) is -2.19. The molecule has 2 aliphatic carbocycles. The predicted molar refractivity (Wildman–Crippen MR) is 58.6 cm³/mol. The first-order valence-corrected chi connectivity index (χ1v) is 6.90. The van der Waals surface area contributed by atoms with Crippen LogP contribution in [0.15, 0.2) is 12.2 Å². The van der Waals surface area contributed by atoms with Gasteiger partial charge in [-0.25, -0.2) is 0 Å². The maximum Gasteiger partial charge on any atom is 0.536 e. The van der Waals surface area contributed by atoms with Crippen molar-refractivity contribution in [2.75, 3.05) is 0 Å². The van der Waals surface area contributed by atoms with Gasteiger partial charge in [0, 0.05) is 23.0 Å². The van der Waals surface area contributed by atoms with Crippen LogP contribution in [0.3, 0.4) is 0 Å². The van der Waals surface area contributed by atoms with Crippen molar-refractivity contribution in [2.45, 2.75) is 23.8 Å². The van der Waals surface area contributed by atoms with Gasteiger partial charge >= 0.3 is 15.6 Å². The number of fused-ring (bicyclic) bond motifs is 5. The number of nitrogens with zero attached hydrogens (tertiary/aromatic N) is 1. The van der Waals surface area contributed by atoms with Crippen LogP contribution in [-0.4, -0.2) is 28.9 Å². The fourth-order valence-electron chi connectivity index (χ4n) is 2.63. The van der Waals surface area contributed by atoms with Crippen LogP contribution in [0.25, 0.3) is 0 Å². The van der Waals surface area contributed by atoms with E-state index in [-0.39, 0.29) is 27.7 Å². The monoisotopic (exact) mass is 311 g/mol. The van der Waals surface area contributed by atoms with Crippen LogP contribution < -0.4 is 4.28 Å². The summed E-state index contributed by atoms with van der Waals surface area (Å²) in [6, 6.07) is 0. The third-order valence-electron chi connectivity index (χ3n) is 3.44. The van der Waals surface area contributed by atoms with E-state index in [1.807, 2.05) is 0 Å².